The molecule has 2 aliphatic heterocycles. The van der Waals surface area contributed by atoms with Gasteiger partial charge in [0.2, 0.25) is 0 Å². The SMILES string of the molecule is CCC1CCCN(CC2CC(OC)CN2)CC1. The summed E-state index contributed by atoms with van der Waals surface area (Å²) in [4.78, 5) is 2.66. The molecule has 2 heterocycles. The molecule has 0 saturated carbocycles. The number of nitrogens with one attached hydrogen (secondary N) is 1. The van der Waals surface area contributed by atoms with Crippen molar-refractivity contribution < 1.29 is 4.74 Å². The second-order valence-electron chi connectivity index (χ2n) is 5.70. The van der Waals surface area contributed by atoms with Gasteiger partial charge in [0, 0.05) is 26.2 Å². The summed E-state index contributed by atoms with van der Waals surface area (Å²) in [5.74, 6) is 0.975. The summed E-state index contributed by atoms with van der Waals surface area (Å²) in [6, 6.07) is 0.651. The molecule has 0 radical (unpaired) electrons. The van der Waals surface area contributed by atoms with E-state index in [0.717, 1.165) is 12.5 Å². The minimum Gasteiger partial charge on any atom is -0.380 e. The molecule has 2 rings (SSSR count). The molecule has 17 heavy (non-hydrogen) atoms. The van der Waals surface area contributed by atoms with Crippen LogP contribution in [0.3, 0.4) is 0 Å². The minimum atomic E-state index is 0.440. The van der Waals surface area contributed by atoms with Crippen LogP contribution in [0.2, 0.25) is 0 Å². The highest BCUT2D eigenvalue weighted by atomic mass is 16.5. The first-order chi connectivity index (χ1) is 8.31. The van der Waals surface area contributed by atoms with Gasteiger partial charge in [-0.2, -0.15) is 0 Å². The molecule has 3 atom stereocenters. The molecule has 0 amide bonds. The van der Waals surface area contributed by atoms with Crippen LogP contribution in [0, 0.1) is 5.92 Å². The molecule has 0 spiro atoms. The molecule has 3 unspecified atom stereocenters. The second kappa shape index (κ2) is 6.72. The zero-order chi connectivity index (χ0) is 12.1. The van der Waals surface area contributed by atoms with Crippen molar-refractivity contribution >= 4 is 0 Å². The molecule has 0 aromatic carbocycles. The van der Waals surface area contributed by atoms with E-state index in [2.05, 4.69) is 17.1 Å². The lowest BCUT2D eigenvalue weighted by Gasteiger charge is -2.24. The highest BCUT2D eigenvalue weighted by Crippen LogP contribution is 2.21. The van der Waals surface area contributed by atoms with Crippen molar-refractivity contribution in [3.8, 4) is 0 Å². The van der Waals surface area contributed by atoms with E-state index in [0.29, 0.717) is 12.1 Å². The smallest absolute Gasteiger partial charge is 0.0711 e. The molecule has 2 saturated heterocycles. The van der Waals surface area contributed by atoms with Gasteiger partial charge in [0.05, 0.1) is 6.10 Å². The lowest BCUT2D eigenvalue weighted by atomic mass is 9.98. The van der Waals surface area contributed by atoms with E-state index in [9.17, 15) is 0 Å². The maximum atomic E-state index is 5.41. The monoisotopic (exact) mass is 240 g/mol. The van der Waals surface area contributed by atoms with Gasteiger partial charge in [-0.05, 0) is 44.7 Å². The van der Waals surface area contributed by atoms with E-state index in [1.807, 2.05) is 7.11 Å². The Labute approximate surface area is 106 Å². The van der Waals surface area contributed by atoms with Crippen LogP contribution in [0.1, 0.15) is 39.0 Å². The van der Waals surface area contributed by atoms with E-state index in [1.165, 1.54) is 51.7 Å². The van der Waals surface area contributed by atoms with Crippen molar-refractivity contribution in [3.05, 3.63) is 0 Å². The fraction of sp³-hybridized carbons (Fsp3) is 1.00. The van der Waals surface area contributed by atoms with Gasteiger partial charge >= 0.3 is 0 Å². The third-order valence-corrected chi connectivity index (χ3v) is 4.51. The van der Waals surface area contributed by atoms with Crippen LogP contribution in [0.15, 0.2) is 0 Å². The van der Waals surface area contributed by atoms with Crippen LogP contribution in [0.25, 0.3) is 0 Å². The first-order valence-corrected chi connectivity index (χ1v) is 7.30. The van der Waals surface area contributed by atoms with Crippen LogP contribution in [0.4, 0.5) is 0 Å². The van der Waals surface area contributed by atoms with Crippen LogP contribution in [-0.2, 0) is 4.74 Å². The number of hydrogen-bond donors (Lipinski definition) is 1. The molecule has 0 aliphatic carbocycles. The Morgan fingerprint density at radius 1 is 1.29 bits per heavy atom. The molecule has 1 N–H and O–H groups in total. The highest BCUT2D eigenvalue weighted by Gasteiger charge is 2.26. The Bertz CT molecular complexity index is 222. The number of methoxy groups -OCH3 is 1. The molecule has 100 valence electrons. The first-order valence-electron chi connectivity index (χ1n) is 7.30. The van der Waals surface area contributed by atoms with Gasteiger partial charge in [-0.3, -0.25) is 0 Å². The number of rotatable bonds is 4. The molecule has 2 fully saturated rings. The third-order valence-electron chi connectivity index (χ3n) is 4.51. The molecular formula is C14H28N2O. The summed E-state index contributed by atoms with van der Waals surface area (Å²) in [7, 11) is 1.83. The topological polar surface area (TPSA) is 24.5 Å². The predicted octanol–water partition coefficient (Wildman–Crippen LogP) is 1.88. The quantitative estimate of drug-likeness (QED) is 0.812. The molecule has 0 bridgehead atoms. The van der Waals surface area contributed by atoms with E-state index in [4.69, 9.17) is 4.74 Å². The van der Waals surface area contributed by atoms with Crippen LogP contribution in [-0.4, -0.2) is 50.3 Å². The van der Waals surface area contributed by atoms with Crippen molar-refractivity contribution in [1.29, 1.82) is 0 Å². The number of ether oxygens (including phenoxy) is 1. The van der Waals surface area contributed by atoms with Crippen molar-refractivity contribution in [1.82, 2.24) is 10.2 Å². The lowest BCUT2D eigenvalue weighted by molar-refractivity contribution is 0.115. The van der Waals surface area contributed by atoms with Crippen molar-refractivity contribution in [3.63, 3.8) is 0 Å². The number of likely N-dealkylation sites (tertiary alicyclic amines) is 1. The standard InChI is InChI=1S/C14H28N2O/c1-3-12-5-4-7-16(8-6-12)11-13-9-14(17-2)10-15-13/h12-15H,3-11H2,1-2H3. The number of hydrogen-bond acceptors (Lipinski definition) is 3. The maximum Gasteiger partial charge on any atom is 0.0711 e. The van der Waals surface area contributed by atoms with Crippen LogP contribution < -0.4 is 5.32 Å². The summed E-state index contributed by atoms with van der Waals surface area (Å²) in [5.41, 5.74) is 0. The van der Waals surface area contributed by atoms with Gasteiger partial charge in [-0.1, -0.05) is 13.3 Å². The fourth-order valence-corrected chi connectivity index (χ4v) is 3.23. The largest absolute Gasteiger partial charge is 0.380 e. The van der Waals surface area contributed by atoms with Gasteiger partial charge < -0.3 is 15.0 Å². The van der Waals surface area contributed by atoms with Gasteiger partial charge in [0.25, 0.3) is 0 Å². The summed E-state index contributed by atoms with van der Waals surface area (Å²) in [6.45, 7) is 7.19. The average Bonchev–Trinajstić information content (AvgIpc) is 2.68. The Morgan fingerprint density at radius 2 is 2.18 bits per heavy atom. The Hall–Kier alpha value is -0.120. The van der Waals surface area contributed by atoms with Crippen LogP contribution in [0.5, 0.6) is 0 Å². The fourth-order valence-electron chi connectivity index (χ4n) is 3.23. The van der Waals surface area contributed by atoms with Gasteiger partial charge in [0.15, 0.2) is 0 Å². The maximum absolute atomic E-state index is 5.41. The Balaban J connectivity index is 1.72. The molecular weight excluding hydrogens is 212 g/mol. The van der Waals surface area contributed by atoms with E-state index >= 15 is 0 Å². The summed E-state index contributed by atoms with van der Waals surface area (Å²) in [6.07, 6.45) is 7.21. The summed E-state index contributed by atoms with van der Waals surface area (Å²) >= 11 is 0. The molecule has 3 heteroatoms. The van der Waals surface area contributed by atoms with Gasteiger partial charge in [0.1, 0.15) is 0 Å². The normalized spacial score (nSPS) is 36.0. The molecule has 2 aliphatic rings. The number of nitrogens with zero attached hydrogens (tertiary/aromatic N) is 1. The predicted molar refractivity (Wildman–Crippen MR) is 71.3 cm³/mol. The third kappa shape index (κ3) is 3.94. The molecule has 0 aromatic rings. The van der Waals surface area contributed by atoms with Gasteiger partial charge in [-0.25, -0.2) is 0 Å². The average molecular weight is 240 g/mol. The highest BCUT2D eigenvalue weighted by molar-refractivity contribution is 4.85. The molecule has 3 nitrogen and oxygen atoms in total. The van der Waals surface area contributed by atoms with Crippen LogP contribution >= 0.6 is 0 Å². The minimum absolute atomic E-state index is 0.440. The van der Waals surface area contributed by atoms with E-state index in [-0.39, 0.29) is 0 Å². The van der Waals surface area contributed by atoms with E-state index < -0.39 is 0 Å². The second-order valence-corrected chi connectivity index (χ2v) is 5.70. The lowest BCUT2D eigenvalue weighted by Crippen LogP contribution is -2.38. The summed E-state index contributed by atoms with van der Waals surface area (Å²) in [5, 5.41) is 3.58. The zero-order valence-corrected chi connectivity index (χ0v) is 11.5. The summed E-state index contributed by atoms with van der Waals surface area (Å²) < 4.78 is 5.41. The zero-order valence-electron chi connectivity index (χ0n) is 11.5. The molecule has 0 aromatic heterocycles. The van der Waals surface area contributed by atoms with Crippen molar-refractivity contribution in [2.75, 3.05) is 33.3 Å². The Morgan fingerprint density at radius 3 is 2.88 bits per heavy atom. The van der Waals surface area contributed by atoms with Gasteiger partial charge in [-0.15, -0.1) is 0 Å². The first kappa shape index (κ1) is 13.3. The van der Waals surface area contributed by atoms with E-state index in [1.54, 1.807) is 0 Å². The Kier molecular flexibility index (Phi) is 5.26. The van der Waals surface area contributed by atoms with Crippen molar-refractivity contribution in [2.24, 2.45) is 5.92 Å². The van der Waals surface area contributed by atoms with Crippen molar-refractivity contribution in [2.45, 2.75) is 51.2 Å².